The Morgan fingerprint density at radius 1 is 1.03 bits per heavy atom. The molecule has 0 fully saturated rings. The van der Waals surface area contributed by atoms with Gasteiger partial charge in [-0.15, -0.1) is 0 Å². The molecule has 152 valence electrons. The zero-order valence-electron chi connectivity index (χ0n) is 17.0. The van der Waals surface area contributed by atoms with Crippen molar-refractivity contribution in [2.45, 2.75) is 45.8 Å². The molecule has 1 aliphatic rings. The van der Waals surface area contributed by atoms with Crippen LogP contribution in [0.5, 0.6) is 0 Å². The Bertz CT molecular complexity index is 949. The molecule has 3 amide bonds. The molecule has 0 aromatic heterocycles. The summed E-state index contributed by atoms with van der Waals surface area (Å²) in [4.78, 5) is 37.5. The zero-order chi connectivity index (χ0) is 21.2. The maximum Gasteiger partial charge on any atom is 0.408 e. The SMILES string of the molecule is C[C@H](NC(=O)OC(C)(C)C)C(=O)NN1C(=O)Cc2ccccc2-c2ccccc21. The predicted molar refractivity (Wildman–Crippen MR) is 110 cm³/mol. The summed E-state index contributed by atoms with van der Waals surface area (Å²) in [6.45, 7) is 6.74. The van der Waals surface area contributed by atoms with Gasteiger partial charge in [0.2, 0.25) is 5.91 Å². The Morgan fingerprint density at radius 2 is 1.66 bits per heavy atom. The molecule has 2 N–H and O–H groups in total. The lowest BCUT2D eigenvalue weighted by molar-refractivity contribution is -0.126. The van der Waals surface area contributed by atoms with E-state index in [4.69, 9.17) is 4.74 Å². The van der Waals surface area contributed by atoms with Crippen molar-refractivity contribution < 1.29 is 19.1 Å². The van der Waals surface area contributed by atoms with Gasteiger partial charge in [-0.3, -0.25) is 15.0 Å². The van der Waals surface area contributed by atoms with Gasteiger partial charge < -0.3 is 10.1 Å². The number of nitrogens with zero attached hydrogens (tertiary/aromatic N) is 1. The van der Waals surface area contributed by atoms with E-state index in [9.17, 15) is 14.4 Å². The van der Waals surface area contributed by atoms with Gasteiger partial charge in [0.1, 0.15) is 11.6 Å². The first kappa shape index (κ1) is 20.4. The van der Waals surface area contributed by atoms with Gasteiger partial charge in [-0.05, 0) is 44.9 Å². The van der Waals surface area contributed by atoms with Gasteiger partial charge in [-0.1, -0.05) is 42.5 Å². The topological polar surface area (TPSA) is 87.7 Å². The third kappa shape index (κ3) is 4.74. The molecule has 2 aromatic rings. The minimum atomic E-state index is -0.893. The number of carbonyl (C=O) groups is 3. The Labute approximate surface area is 170 Å². The fourth-order valence-electron chi connectivity index (χ4n) is 3.09. The molecular weight excluding hydrogens is 370 g/mol. The molecule has 0 unspecified atom stereocenters. The fraction of sp³-hybridized carbons (Fsp3) is 0.318. The molecule has 0 saturated heterocycles. The molecule has 1 aliphatic heterocycles. The van der Waals surface area contributed by atoms with Crippen molar-refractivity contribution in [1.82, 2.24) is 10.7 Å². The third-order valence-corrected chi connectivity index (χ3v) is 4.39. The number of hydrazine groups is 1. The van der Waals surface area contributed by atoms with E-state index in [1.54, 1.807) is 26.8 Å². The van der Waals surface area contributed by atoms with E-state index in [2.05, 4.69) is 10.7 Å². The number of carbonyl (C=O) groups excluding carboxylic acids is 3. The maximum atomic E-state index is 12.9. The van der Waals surface area contributed by atoms with Crippen LogP contribution in [-0.4, -0.2) is 29.6 Å². The number of alkyl carbamates (subject to hydrolysis) is 1. The van der Waals surface area contributed by atoms with Crippen molar-refractivity contribution in [3.8, 4) is 11.1 Å². The molecule has 29 heavy (non-hydrogen) atoms. The van der Waals surface area contributed by atoms with E-state index in [0.29, 0.717) is 5.69 Å². The number of nitrogens with one attached hydrogen (secondary N) is 2. The number of para-hydroxylation sites is 1. The van der Waals surface area contributed by atoms with E-state index in [1.165, 1.54) is 11.9 Å². The molecule has 2 aromatic carbocycles. The van der Waals surface area contributed by atoms with Crippen LogP contribution in [0.3, 0.4) is 0 Å². The summed E-state index contributed by atoms with van der Waals surface area (Å²) >= 11 is 0. The number of ether oxygens (including phenoxy) is 1. The van der Waals surface area contributed by atoms with Crippen LogP contribution in [0.25, 0.3) is 11.1 Å². The van der Waals surface area contributed by atoms with E-state index in [0.717, 1.165) is 16.7 Å². The number of rotatable bonds is 3. The number of hydrogen-bond acceptors (Lipinski definition) is 4. The van der Waals surface area contributed by atoms with Crippen molar-refractivity contribution in [1.29, 1.82) is 0 Å². The number of hydrogen-bond donors (Lipinski definition) is 2. The van der Waals surface area contributed by atoms with Crippen LogP contribution in [0.2, 0.25) is 0 Å². The first-order valence-corrected chi connectivity index (χ1v) is 9.46. The quantitative estimate of drug-likeness (QED) is 0.836. The van der Waals surface area contributed by atoms with E-state index >= 15 is 0 Å². The van der Waals surface area contributed by atoms with Crippen LogP contribution in [0.15, 0.2) is 48.5 Å². The number of fused-ring (bicyclic) bond motifs is 3. The average Bonchev–Trinajstić information content (AvgIpc) is 2.75. The highest BCUT2D eigenvalue weighted by Crippen LogP contribution is 2.35. The second kappa shape index (κ2) is 7.95. The van der Waals surface area contributed by atoms with Crippen molar-refractivity contribution in [2.24, 2.45) is 0 Å². The van der Waals surface area contributed by atoms with Crippen LogP contribution in [0.1, 0.15) is 33.3 Å². The molecule has 0 aliphatic carbocycles. The second-order valence-corrected chi connectivity index (χ2v) is 7.92. The predicted octanol–water partition coefficient (Wildman–Crippen LogP) is 3.19. The summed E-state index contributed by atoms with van der Waals surface area (Å²) in [5, 5.41) is 3.74. The molecule has 0 bridgehead atoms. The lowest BCUT2D eigenvalue weighted by Crippen LogP contribution is -2.54. The highest BCUT2D eigenvalue weighted by Gasteiger charge is 2.29. The molecule has 1 atom stereocenters. The van der Waals surface area contributed by atoms with Crippen LogP contribution < -0.4 is 15.8 Å². The monoisotopic (exact) mass is 395 g/mol. The molecule has 3 rings (SSSR count). The Balaban J connectivity index is 1.81. The second-order valence-electron chi connectivity index (χ2n) is 7.92. The lowest BCUT2D eigenvalue weighted by atomic mass is 9.98. The Morgan fingerprint density at radius 3 is 2.34 bits per heavy atom. The van der Waals surface area contributed by atoms with Crippen molar-refractivity contribution >= 4 is 23.6 Å². The van der Waals surface area contributed by atoms with Gasteiger partial charge in [0, 0.05) is 5.56 Å². The molecule has 7 nitrogen and oxygen atoms in total. The third-order valence-electron chi connectivity index (χ3n) is 4.39. The average molecular weight is 395 g/mol. The van der Waals surface area contributed by atoms with Crippen LogP contribution in [-0.2, 0) is 20.7 Å². The van der Waals surface area contributed by atoms with Crippen molar-refractivity contribution in [3.05, 3.63) is 54.1 Å². The summed E-state index contributed by atoms with van der Waals surface area (Å²) in [6, 6.07) is 14.2. The van der Waals surface area contributed by atoms with Crippen molar-refractivity contribution in [3.63, 3.8) is 0 Å². The lowest BCUT2D eigenvalue weighted by Gasteiger charge is -2.26. The summed E-state index contributed by atoms with van der Waals surface area (Å²) in [5.41, 5.74) is 5.24. The van der Waals surface area contributed by atoms with Gasteiger partial charge in [0.15, 0.2) is 0 Å². The standard InChI is InChI=1S/C22H25N3O4/c1-14(23-21(28)29-22(2,3)4)20(27)24-25-18-12-8-7-11-17(18)16-10-6-5-9-15(16)13-19(25)26/h5-12,14H,13H2,1-4H3,(H,23,28)(H,24,27)/t14-/m0/s1. The van der Waals surface area contributed by atoms with Crippen LogP contribution in [0, 0.1) is 0 Å². The Kier molecular flexibility index (Phi) is 5.59. The number of benzene rings is 2. The highest BCUT2D eigenvalue weighted by molar-refractivity contribution is 6.04. The Hall–Kier alpha value is -3.35. The van der Waals surface area contributed by atoms with Crippen LogP contribution >= 0.6 is 0 Å². The summed E-state index contributed by atoms with van der Waals surface area (Å²) in [7, 11) is 0. The van der Waals surface area contributed by atoms with Gasteiger partial charge in [0.05, 0.1) is 12.1 Å². The smallest absolute Gasteiger partial charge is 0.408 e. The van der Waals surface area contributed by atoms with Gasteiger partial charge >= 0.3 is 6.09 Å². The molecular formula is C22H25N3O4. The normalized spacial score (nSPS) is 14.2. The first-order valence-electron chi connectivity index (χ1n) is 9.46. The summed E-state index contributed by atoms with van der Waals surface area (Å²) in [5.74, 6) is -0.787. The highest BCUT2D eigenvalue weighted by atomic mass is 16.6. The molecule has 0 spiro atoms. The van der Waals surface area contributed by atoms with E-state index in [1.807, 2.05) is 42.5 Å². The van der Waals surface area contributed by atoms with E-state index in [-0.39, 0.29) is 12.3 Å². The number of amides is 3. The molecule has 0 saturated carbocycles. The fourth-order valence-corrected chi connectivity index (χ4v) is 3.09. The zero-order valence-corrected chi connectivity index (χ0v) is 17.0. The summed E-state index contributed by atoms with van der Waals surface area (Å²) < 4.78 is 5.18. The first-order chi connectivity index (χ1) is 13.7. The maximum absolute atomic E-state index is 12.9. The minimum absolute atomic E-state index is 0.152. The summed E-state index contributed by atoms with van der Waals surface area (Å²) in [6.07, 6.45) is -0.547. The molecule has 7 heteroatoms. The molecule has 1 heterocycles. The van der Waals surface area contributed by atoms with E-state index < -0.39 is 23.6 Å². The number of anilines is 1. The van der Waals surface area contributed by atoms with Gasteiger partial charge in [-0.25, -0.2) is 9.80 Å². The van der Waals surface area contributed by atoms with Crippen LogP contribution in [0.4, 0.5) is 10.5 Å². The molecule has 0 radical (unpaired) electrons. The van der Waals surface area contributed by atoms with Gasteiger partial charge in [0.25, 0.3) is 5.91 Å². The van der Waals surface area contributed by atoms with Crippen molar-refractivity contribution in [2.75, 3.05) is 5.01 Å². The minimum Gasteiger partial charge on any atom is -0.444 e. The largest absolute Gasteiger partial charge is 0.444 e. The van der Waals surface area contributed by atoms with Gasteiger partial charge in [-0.2, -0.15) is 0 Å².